The number of nitrogens with one attached hydrogen (secondary N) is 1. The van der Waals surface area contributed by atoms with Crippen molar-refractivity contribution in [1.82, 2.24) is 5.32 Å². The zero-order valence-electron chi connectivity index (χ0n) is 11.6. The predicted molar refractivity (Wildman–Crippen MR) is 81.6 cm³/mol. The predicted octanol–water partition coefficient (Wildman–Crippen LogP) is 2.02. The Morgan fingerprint density at radius 3 is 2.40 bits per heavy atom. The van der Waals surface area contributed by atoms with Gasteiger partial charge in [-0.05, 0) is 30.7 Å². The molecule has 1 N–H and O–H groups in total. The first-order valence-electron chi connectivity index (χ1n) is 6.34. The van der Waals surface area contributed by atoms with Crippen LogP contribution in [0.1, 0.15) is 19.8 Å². The molecule has 0 atom stereocenters. The molecule has 0 aromatic heterocycles. The molecule has 20 heavy (non-hydrogen) atoms. The van der Waals surface area contributed by atoms with E-state index in [9.17, 15) is 13.2 Å². The molecular formula is C13H19ClN2O3S. The number of hydrogen-bond donors (Lipinski definition) is 1. The largest absolute Gasteiger partial charge is 0.354 e. The number of hydrogen-bond acceptors (Lipinski definition) is 3. The van der Waals surface area contributed by atoms with Crippen molar-refractivity contribution < 1.29 is 13.2 Å². The smallest absolute Gasteiger partial charge is 0.232 e. The second-order valence-corrected chi connectivity index (χ2v) is 6.75. The molecule has 0 heterocycles. The van der Waals surface area contributed by atoms with E-state index in [1.54, 1.807) is 24.3 Å². The Kier molecular flexibility index (Phi) is 6.29. The lowest BCUT2D eigenvalue weighted by atomic mass is 10.3. The number of anilines is 1. The summed E-state index contributed by atoms with van der Waals surface area (Å²) in [4.78, 5) is 11.4. The van der Waals surface area contributed by atoms with Gasteiger partial charge in [0.05, 0.1) is 18.5 Å². The SMILES string of the molecule is CCCC(=O)NCCN(c1ccc(Cl)cc1)S(C)(=O)=O. The van der Waals surface area contributed by atoms with Crippen LogP contribution in [0, 0.1) is 0 Å². The lowest BCUT2D eigenvalue weighted by Crippen LogP contribution is -2.38. The molecule has 1 amide bonds. The topological polar surface area (TPSA) is 66.5 Å². The second-order valence-electron chi connectivity index (χ2n) is 4.41. The van der Waals surface area contributed by atoms with Crippen molar-refractivity contribution in [2.75, 3.05) is 23.7 Å². The van der Waals surface area contributed by atoms with Crippen LogP contribution in [0.4, 0.5) is 5.69 Å². The quantitative estimate of drug-likeness (QED) is 0.836. The monoisotopic (exact) mass is 318 g/mol. The Morgan fingerprint density at radius 2 is 1.90 bits per heavy atom. The molecule has 0 bridgehead atoms. The third-order valence-corrected chi connectivity index (χ3v) is 4.08. The summed E-state index contributed by atoms with van der Waals surface area (Å²) in [6.45, 7) is 2.38. The number of rotatable bonds is 7. The van der Waals surface area contributed by atoms with E-state index >= 15 is 0 Å². The molecule has 5 nitrogen and oxygen atoms in total. The van der Waals surface area contributed by atoms with E-state index < -0.39 is 10.0 Å². The van der Waals surface area contributed by atoms with Crippen LogP contribution in [0.5, 0.6) is 0 Å². The van der Waals surface area contributed by atoms with E-state index in [2.05, 4.69) is 5.32 Å². The summed E-state index contributed by atoms with van der Waals surface area (Å²) in [6, 6.07) is 6.53. The number of sulfonamides is 1. The summed E-state index contributed by atoms with van der Waals surface area (Å²) >= 11 is 5.79. The molecule has 0 aliphatic carbocycles. The fraction of sp³-hybridized carbons (Fsp3) is 0.462. The molecule has 1 rings (SSSR count). The number of carbonyl (C=O) groups excluding carboxylic acids is 1. The van der Waals surface area contributed by atoms with Gasteiger partial charge in [0.15, 0.2) is 0 Å². The molecule has 7 heteroatoms. The van der Waals surface area contributed by atoms with Gasteiger partial charge in [0.2, 0.25) is 15.9 Å². The highest BCUT2D eigenvalue weighted by Gasteiger charge is 2.17. The highest BCUT2D eigenvalue weighted by Crippen LogP contribution is 2.19. The third kappa shape index (κ3) is 5.38. The average molecular weight is 319 g/mol. The molecule has 0 fully saturated rings. The maximum atomic E-state index is 11.8. The molecule has 0 aliphatic heterocycles. The van der Waals surface area contributed by atoms with Gasteiger partial charge in [-0.25, -0.2) is 8.42 Å². The average Bonchev–Trinajstić information content (AvgIpc) is 2.35. The van der Waals surface area contributed by atoms with Crippen molar-refractivity contribution in [3.8, 4) is 0 Å². The molecule has 1 aromatic rings. The summed E-state index contributed by atoms with van der Waals surface area (Å²) in [5, 5.41) is 3.24. The summed E-state index contributed by atoms with van der Waals surface area (Å²) in [6.07, 6.45) is 2.34. The zero-order valence-corrected chi connectivity index (χ0v) is 13.2. The maximum absolute atomic E-state index is 11.8. The van der Waals surface area contributed by atoms with Gasteiger partial charge < -0.3 is 5.32 Å². The van der Waals surface area contributed by atoms with Gasteiger partial charge in [-0.3, -0.25) is 9.10 Å². The van der Waals surface area contributed by atoms with E-state index in [-0.39, 0.29) is 19.0 Å². The Morgan fingerprint density at radius 1 is 1.30 bits per heavy atom. The number of carbonyl (C=O) groups is 1. The second kappa shape index (κ2) is 7.50. The van der Waals surface area contributed by atoms with Crippen molar-refractivity contribution in [2.24, 2.45) is 0 Å². The van der Waals surface area contributed by atoms with E-state index in [1.807, 2.05) is 6.92 Å². The Balaban J connectivity index is 2.72. The molecular weight excluding hydrogens is 300 g/mol. The normalized spacial score (nSPS) is 11.2. The summed E-state index contributed by atoms with van der Waals surface area (Å²) in [7, 11) is -3.40. The fourth-order valence-electron chi connectivity index (χ4n) is 1.71. The van der Waals surface area contributed by atoms with Crippen molar-refractivity contribution in [2.45, 2.75) is 19.8 Å². The lowest BCUT2D eigenvalue weighted by molar-refractivity contribution is -0.121. The number of halogens is 1. The summed E-state index contributed by atoms with van der Waals surface area (Å²) in [5.41, 5.74) is 0.529. The Labute approximate surface area is 125 Å². The Hall–Kier alpha value is -1.27. The highest BCUT2D eigenvalue weighted by atomic mass is 35.5. The third-order valence-electron chi connectivity index (χ3n) is 2.63. The molecule has 0 saturated heterocycles. The van der Waals surface area contributed by atoms with Crippen LogP contribution in [-0.2, 0) is 14.8 Å². The van der Waals surface area contributed by atoms with Gasteiger partial charge in [0.25, 0.3) is 0 Å². The molecule has 1 aromatic carbocycles. The van der Waals surface area contributed by atoms with Gasteiger partial charge in [-0.2, -0.15) is 0 Å². The lowest BCUT2D eigenvalue weighted by Gasteiger charge is -2.22. The van der Waals surface area contributed by atoms with Crippen LogP contribution in [-0.4, -0.2) is 33.7 Å². The fourth-order valence-corrected chi connectivity index (χ4v) is 2.76. The van der Waals surface area contributed by atoms with Crippen molar-refractivity contribution in [1.29, 1.82) is 0 Å². The zero-order chi connectivity index (χ0) is 15.2. The van der Waals surface area contributed by atoms with Gasteiger partial charge in [-0.15, -0.1) is 0 Å². The van der Waals surface area contributed by atoms with Gasteiger partial charge in [0.1, 0.15) is 0 Å². The van der Waals surface area contributed by atoms with Crippen molar-refractivity contribution >= 4 is 33.2 Å². The molecule has 0 radical (unpaired) electrons. The van der Waals surface area contributed by atoms with Crippen molar-refractivity contribution in [3.63, 3.8) is 0 Å². The molecule has 112 valence electrons. The minimum absolute atomic E-state index is 0.0722. The number of amides is 1. The van der Waals surface area contributed by atoms with E-state index in [0.29, 0.717) is 17.1 Å². The van der Waals surface area contributed by atoms with Gasteiger partial charge >= 0.3 is 0 Å². The minimum atomic E-state index is -3.40. The maximum Gasteiger partial charge on any atom is 0.232 e. The van der Waals surface area contributed by atoms with Crippen LogP contribution in [0.15, 0.2) is 24.3 Å². The molecule has 0 unspecified atom stereocenters. The van der Waals surface area contributed by atoms with Gasteiger partial charge in [0, 0.05) is 18.0 Å². The first-order valence-corrected chi connectivity index (χ1v) is 8.57. The molecule has 0 aliphatic rings. The van der Waals surface area contributed by atoms with E-state index in [0.717, 1.165) is 12.7 Å². The molecule has 0 spiro atoms. The van der Waals surface area contributed by atoms with E-state index in [4.69, 9.17) is 11.6 Å². The van der Waals surface area contributed by atoms with Crippen molar-refractivity contribution in [3.05, 3.63) is 29.3 Å². The summed E-state index contributed by atoms with van der Waals surface area (Å²) in [5.74, 6) is -0.0722. The van der Waals surface area contributed by atoms with Gasteiger partial charge in [-0.1, -0.05) is 18.5 Å². The first-order chi connectivity index (χ1) is 9.34. The Bertz CT molecular complexity index is 543. The summed E-state index contributed by atoms with van der Waals surface area (Å²) < 4.78 is 24.8. The van der Waals surface area contributed by atoms with Crippen LogP contribution < -0.4 is 9.62 Å². The minimum Gasteiger partial charge on any atom is -0.354 e. The highest BCUT2D eigenvalue weighted by molar-refractivity contribution is 7.92. The van der Waals surface area contributed by atoms with Crippen LogP contribution in [0.2, 0.25) is 5.02 Å². The molecule has 0 saturated carbocycles. The number of benzene rings is 1. The van der Waals surface area contributed by atoms with E-state index in [1.165, 1.54) is 4.31 Å². The standard InChI is InChI=1S/C13H19ClN2O3S/c1-3-4-13(17)15-9-10-16(20(2,18)19)12-7-5-11(14)6-8-12/h5-8H,3-4,9-10H2,1-2H3,(H,15,17). The number of nitrogens with zero attached hydrogens (tertiary/aromatic N) is 1. The van der Waals surface area contributed by atoms with Crippen LogP contribution in [0.25, 0.3) is 0 Å². The first kappa shape index (κ1) is 16.8. The van der Waals surface area contributed by atoms with Crippen LogP contribution >= 0.6 is 11.6 Å². The van der Waals surface area contributed by atoms with Crippen LogP contribution in [0.3, 0.4) is 0 Å².